The van der Waals surface area contributed by atoms with E-state index in [4.69, 9.17) is 0 Å². The Morgan fingerprint density at radius 3 is 2.54 bits per heavy atom. The van der Waals surface area contributed by atoms with E-state index in [1.54, 1.807) is 0 Å². The van der Waals surface area contributed by atoms with Gasteiger partial charge in [0.2, 0.25) is 0 Å². The zero-order chi connectivity index (χ0) is 16.8. The Bertz CT molecular complexity index is 765. The van der Waals surface area contributed by atoms with Crippen molar-refractivity contribution in [1.29, 1.82) is 0 Å². The van der Waals surface area contributed by atoms with Gasteiger partial charge in [-0.2, -0.15) is 0 Å². The zero-order valence-corrected chi connectivity index (χ0v) is 16.3. The molecule has 0 N–H and O–H groups in total. The van der Waals surface area contributed by atoms with Crippen LogP contribution in [-0.2, 0) is 13.0 Å². The molecular weight excluding hydrogens is 342 g/mol. The Morgan fingerprint density at radius 2 is 1.85 bits per heavy atom. The van der Waals surface area contributed by atoms with Crippen molar-refractivity contribution in [2.75, 3.05) is 25.0 Å². The minimum absolute atomic E-state index is 0. The second-order valence-corrected chi connectivity index (χ2v) is 8.16. The molecule has 0 radical (unpaired) electrons. The van der Waals surface area contributed by atoms with Gasteiger partial charge < -0.3 is 4.90 Å². The molecule has 1 aromatic heterocycles. The highest BCUT2D eigenvalue weighted by Gasteiger charge is 2.27. The third-order valence-corrected chi connectivity index (χ3v) is 6.04. The van der Waals surface area contributed by atoms with Crippen LogP contribution in [0.5, 0.6) is 0 Å². The monoisotopic (exact) mass is 369 g/mol. The summed E-state index contributed by atoms with van der Waals surface area (Å²) < 4.78 is 0. The Labute approximate surface area is 162 Å². The molecule has 2 aliphatic carbocycles. The van der Waals surface area contributed by atoms with E-state index in [1.807, 2.05) is 6.20 Å². The maximum atomic E-state index is 4.68. The molecule has 1 aromatic carbocycles. The van der Waals surface area contributed by atoms with Gasteiger partial charge in [-0.1, -0.05) is 6.07 Å². The van der Waals surface area contributed by atoms with Crippen molar-refractivity contribution in [3.8, 4) is 0 Å². The van der Waals surface area contributed by atoms with Crippen LogP contribution in [0.3, 0.4) is 0 Å². The number of pyridine rings is 1. The Morgan fingerprint density at radius 1 is 1.04 bits per heavy atom. The minimum atomic E-state index is 0. The molecule has 2 saturated carbocycles. The molecule has 138 valence electrons. The molecule has 0 amide bonds. The van der Waals surface area contributed by atoms with E-state index in [0.717, 1.165) is 18.4 Å². The van der Waals surface area contributed by atoms with Crippen LogP contribution in [0.4, 0.5) is 11.4 Å². The fourth-order valence-electron chi connectivity index (χ4n) is 4.00. The SMILES string of the molecule is CN(c1ccc(C2CC2)nc1)c1ccc2c(c1)CN(CC1CC1)CC2.Cl. The van der Waals surface area contributed by atoms with Crippen LogP contribution >= 0.6 is 12.4 Å². The first-order chi connectivity index (χ1) is 12.3. The van der Waals surface area contributed by atoms with Gasteiger partial charge in [0.1, 0.15) is 0 Å². The van der Waals surface area contributed by atoms with Gasteiger partial charge in [0.25, 0.3) is 0 Å². The maximum absolute atomic E-state index is 4.68. The molecule has 2 fully saturated rings. The number of aromatic nitrogens is 1. The summed E-state index contributed by atoms with van der Waals surface area (Å²) in [5.41, 5.74) is 6.76. The van der Waals surface area contributed by atoms with Crippen molar-refractivity contribution in [2.24, 2.45) is 5.92 Å². The molecule has 2 aromatic rings. The van der Waals surface area contributed by atoms with Gasteiger partial charge in [-0.15, -0.1) is 12.4 Å². The zero-order valence-electron chi connectivity index (χ0n) is 15.5. The number of nitrogens with zero attached hydrogens (tertiary/aromatic N) is 3. The van der Waals surface area contributed by atoms with Crippen molar-refractivity contribution >= 4 is 23.8 Å². The molecule has 2 heterocycles. The average Bonchev–Trinajstić information content (AvgIpc) is 3.54. The topological polar surface area (TPSA) is 19.4 Å². The Hall–Kier alpha value is -1.58. The summed E-state index contributed by atoms with van der Waals surface area (Å²) in [4.78, 5) is 9.59. The molecule has 3 aliphatic rings. The number of benzene rings is 1. The highest BCUT2D eigenvalue weighted by molar-refractivity contribution is 5.85. The molecule has 3 nitrogen and oxygen atoms in total. The molecule has 5 rings (SSSR count). The summed E-state index contributed by atoms with van der Waals surface area (Å²) in [6, 6.07) is 11.4. The molecule has 26 heavy (non-hydrogen) atoms. The van der Waals surface area contributed by atoms with Gasteiger partial charge in [0, 0.05) is 44.0 Å². The molecule has 0 atom stereocenters. The van der Waals surface area contributed by atoms with Crippen molar-refractivity contribution in [3.63, 3.8) is 0 Å². The second kappa shape index (κ2) is 7.21. The highest BCUT2D eigenvalue weighted by Crippen LogP contribution is 2.39. The molecule has 1 aliphatic heterocycles. The van der Waals surface area contributed by atoms with E-state index < -0.39 is 0 Å². The van der Waals surface area contributed by atoms with Crippen molar-refractivity contribution < 1.29 is 0 Å². The summed E-state index contributed by atoms with van der Waals surface area (Å²) in [6.45, 7) is 3.64. The lowest BCUT2D eigenvalue weighted by atomic mass is 9.98. The standard InChI is InChI=1S/C22H27N3.ClH/c1-24(21-8-9-22(23-13-21)18-4-5-18)20-7-6-17-10-11-25(14-16-2-3-16)15-19(17)12-20;/h6-9,12-13,16,18H,2-5,10-11,14-15H2,1H3;1H. The third-order valence-electron chi connectivity index (χ3n) is 6.04. The lowest BCUT2D eigenvalue weighted by Gasteiger charge is -2.30. The normalized spacial score (nSPS) is 19.6. The van der Waals surface area contributed by atoms with E-state index in [2.05, 4.69) is 52.2 Å². The first-order valence-electron chi connectivity index (χ1n) is 9.80. The van der Waals surface area contributed by atoms with Crippen molar-refractivity contribution in [2.45, 2.75) is 44.6 Å². The maximum Gasteiger partial charge on any atom is 0.0594 e. The molecule has 0 saturated heterocycles. The van der Waals surface area contributed by atoms with Crippen molar-refractivity contribution in [1.82, 2.24) is 9.88 Å². The first kappa shape index (κ1) is 17.8. The lowest BCUT2D eigenvalue weighted by Crippen LogP contribution is -2.32. The summed E-state index contributed by atoms with van der Waals surface area (Å²) in [6.07, 6.45) is 8.73. The number of hydrogen-bond donors (Lipinski definition) is 0. The van der Waals surface area contributed by atoms with Crippen molar-refractivity contribution in [3.05, 3.63) is 53.3 Å². The largest absolute Gasteiger partial charge is 0.343 e. The van der Waals surface area contributed by atoms with Crippen LogP contribution in [0, 0.1) is 5.92 Å². The van der Waals surface area contributed by atoms with Gasteiger partial charge in [-0.25, -0.2) is 0 Å². The van der Waals surface area contributed by atoms with Crippen LogP contribution < -0.4 is 4.90 Å². The molecule has 0 unspecified atom stereocenters. The van der Waals surface area contributed by atoms with Crippen LogP contribution in [0.1, 0.15) is 48.4 Å². The molecule has 0 spiro atoms. The van der Waals surface area contributed by atoms with Crippen LogP contribution in [0.2, 0.25) is 0 Å². The van der Waals surface area contributed by atoms with E-state index >= 15 is 0 Å². The second-order valence-electron chi connectivity index (χ2n) is 8.16. The quantitative estimate of drug-likeness (QED) is 0.745. The highest BCUT2D eigenvalue weighted by atomic mass is 35.5. The summed E-state index contributed by atoms with van der Waals surface area (Å²) in [7, 11) is 2.15. The molecule has 0 bridgehead atoms. The minimum Gasteiger partial charge on any atom is -0.343 e. The predicted molar refractivity (Wildman–Crippen MR) is 110 cm³/mol. The fourth-order valence-corrected chi connectivity index (χ4v) is 4.00. The lowest BCUT2D eigenvalue weighted by molar-refractivity contribution is 0.244. The van der Waals surface area contributed by atoms with Crippen LogP contribution in [0.25, 0.3) is 0 Å². The molecular formula is C22H28ClN3. The number of rotatable bonds is 5. The number of hydrogen-bond acceptors (Lipinski definition) is 3. The third kappa shape index (κ3) is 3.74. The summed E-state index contributed by atoms with van der Waals surface area (Å²) in [5, 5.41) is 0. The predicted octanol–water partition coefficient (Wildman–Crippen LogP) is 4.92. The molecule has 4 heteroatoms. The first-order valence-corrected chi connectivity index (χ1v) is 9.80. The van der Waals surface area contributed by atoms with Gasteiger partial charge in [-0.05, 0) is 73.4 Å². The average molecular weight is 370 g/mol. The van der Waals surface area contributed by atoms with Gasteiger partial charge in [0.15, 0.2) is 0 Å². The number of anilines is 2. The fraction of sp³-hybridized carbons (Fsp3) is 0.500. The van der Waals surface area contributed by atoms with Crippen LogP contribution in [-0.4, -0.2) is 30.0 Å². The Kier molecular flexibility index (Phi) is 4.94. The summed E-state index contributed by atoms with van der Waals surface area (Å²) in [5.74, 6) is 1.70. The van der Waals surface area contributed by atoms with E-state index in [0.29, 0.717) is 0 Å². The van der Waals surface area contributed by atoms with Gasteiger partial charge >= 0.3 is 0 Å². The summed E-state index contributed by atoms with van der Waals surface area (Å²) >= 11 is 0. The van der Waals surface area contributed by atoms with Gasteiger partial charge in [0.05, 0.1) is 11.9 Å². The Balaban J connectivity index is 0.00000168. The number of fused-ring (bicyclic) bond motifs is 1. The van der Waals surface area contributed by atoms with E-state index in [-0.39, 0.29) is 12.4 Å². The van der Waals surface area contributed by atoms with Gasteiger partial charge in [-0.3, -0.25) is 9.88 Å². The van der Waals surface area contributed by atoms with E-state index in [9.17, 15) is 0 Å². The number of halogens is 1. The smallest absolute Gasteiger partial charge is 0.0594 e. The van der Waals surface area contributed by atoms with E-state index in [1.165, 1.54) is 73.4 Å². The van der Waals surface area contributed by atoms with Crippen LogP contribution in [0.15, 0.2) is 36.5 Å².